The van der Waals surface area contributed by atoms with Crippen LogP contribution in [-0.4, -0.2) is 18.6 Å². The molecule has 1 fully saturated rings. The zero-order valence-electron chi connectivity index (χ0n) is 11.6. The standard InChI is InChI=1S/C17H22N2/c1-18-10-13-6-2-4-8-15(13)17-12-19-11-14-7-3-5-9-16(14)17/h3,5,7,9,11-13,15,18H,2,4,6,8,10H2,1H3. The van der Waals surface area contributed by atoms with E-state index in [0.29, 0.717) is 5.92 Å². The Bertz CT molecular complexity index is 542. The van der Waals surface area contributed by atoms with Crippen LogP contribution in [0, 0.1) is 5.92 Å². The fourth-order valence-corrected chi connectivity index (χ4v) is 3.56. The van der Waals surface area contributed by atoms with Crippen molar-refractivity contribution in [2.24, 2.45) is 5.92 Å². The van der Waals surface area contributed by atoms with Crippen LogP contribution in [0.1, 0.15) is 37.2 Å². The van der Waals surface area contributed by atoms with Gasteiger partial charge in [-0.3, -0.25) is 4.98 Å². The number of fused-ring (bicyclic) bond motifs is 1. The van der Waals surface area contributed by atoms with Gasteiger partial charge in [0.2, 0.25) is 0 Å². The van der Waals surface area contributed by atoms with Gasteiger partial charge in [-0.15, -0.1) is 0 Å². The molecule has 0 aliphatic heterocycles. The minimum Gasteiger partial charge on any atom is -0.319 e. The van der Waals surface area contributed by atoms with Crippen LogP contribution in [0.3, 0.4) is 0 Å². The highest BCUT2D eigenvalue weighted by atomic mass is 14.8. The zero-order valence-corrected chi connectivity index (χ0v) is 11.6. The summed E-state index contributed by atoms with van der Waals surface area (Å²) >= 11 is 0. The third-order valence-corrected chi connectivity index (χ3v) is 4.47. The fourth-order valence-electron chi connectivity index (χ4n) is 3.56. The molecule has 3 rings (SSSR count). The lowest BCUT2D eigenvalue weighted by molar-refractivity contribution is 0.302. The van der Waals surface area contributed by atoms with E-state index in [1.807, 2.05) is 6.20 Å². The number of aromatic nitrogens is 1. The Hall–Kier alpha value is -1.41. The summed E-state index contributed by atoms with van der Waals surface area (Å²) < 4.78 is 0. The molecule has 19 heavy (non-hydrogen) atoms. The Kier molecular flexibility index (Phi) is 3.79. The highest BCUT2D eigenvalue weighted by Gasteiger charge is 2.27. The predicted molar refractivity (Wildman–Crippen MR) is 80.4 cm³/mol. The quantitative estimate of drug-likeness (QED) is 0.902. The molecule has 1 aromatic carbocycles. The summed E-state index contributed by atoms with van der Waals surface area (Å²) in [6.07, 6.45) is 9.46. The van der Waals surface area contributed by atoms with Gasteiger partial charge in [0.15, 0.2) is 0 Å². The first-order valence-electron chi connectivity index (χ1n) is 7.37. The third-order valence-electron chi connectivity index (χ3n) is 4.47. The van der Waals surface area contributed by atoms with Crippen LogP contribution in [0.15, 0.2) is 36.7 Å². The van der Waals surface area contributed by atoms with E-state index < -0.39 is 0 Å². The van der Waals surface area contributed by atoms with Crippen LogP contribution in [0.5, 0.6) is 0 Å². The molecule has 0 bridgehead atoms. The lowest BCUT2D eigenvalue weighted by atomic mass is 9.75. The van der Waals surface area contributed by atoms with Gasteiger partial charge in [-0.2, -0.15) is 0 Å². The van der Waals surface area contributed by atoms with E-state index in [9.17, 15) is 0 Å². The number of hydrogen-bond donors (Lipinski definition) is 1. The van der Waals surface area contributed by atoms with Crippen molar-refractivity contribution < 1.29 is 0 Å². The van der Waals surface area contributed by atoms with Crippen LogP contribution in [0.4, 0.5) is 0 Å². The fraction of sp³-hybridized carbons (Fsp3) is 0.471. The summed E-state index contributed by atoms with van der Waals surface area (Å²) in [4.78, 5) is 4.46. The number of nitrogens with one attached hydrogen (secondary N) is 1. The summed E-state index contributed by atoms with van der Waals surface area (Å²) in [5, 5.41) is 6.03. The van der Waals surface area contributed by atoms with E-state index in [0.717, 1.165) is 12.5 Å². The molecule has 2 unspecified atom stereocenters. The van der Waals surface area contributed by atoms with E-state index in [-0.39, 0.29) is 0 Å². The maximum absolute atomic E-state index is 4.46. The average molecular weight is 254 g/mol. The van der Waals surface area contributed by atoms with E-state index in [2.05, 4.69) is 47.8 Å². The lowest BCUT2D eigenvalue weighted by Gasteiger charge is -2.32. The molecule has 0 radical (unpaired) electrons. The van der Waals surface area contributed by atoms with Gasteiger partial charge >= 0.3 is 0 Å². The molecule has 0 saturated heterocycles. The molecule has 1 saturated carbocycles. The maximum Gasteiger partial charge on any atom is 0.0346 e. The van der Waals surface area contributed by atoms with Crippen LogP contribution in [0.25, 0.3) is 10.8 Å². The average Bonchev–Trinajstić information content (AvgIpc) is 2.48. The smallest absolute Gasteiger partial charge is 0.0346 e. The van der Waals surface area contributed by atoms with Gasteiger partial charge in [0.25, 0.3) is 0 Å². The SMILES string of the molecule is CNCC1CCCCC1c1cncc2ccccc12. The third kappa shape index (κ3) is 2.50. The number of rotatable bonds is 3. The molecule has 1 heterocycles. The van der Waals surface area contributed by atoms with E-state index in [1.54, 1.807) is 0 Å². The van der Waals surface area contributed by atoms with Gasteiger partial charge in [0.1, 0.15) is 0 Å². The molecule has 2 aromatic rings. The van der Waals surface area contributed by atoms with Crippen molar-refractivity contribution in [3.05, 3.63) is 42.2 Å². The summed E-state index contributed by atoms with van der Waals surface area (Å²) in [5.74, 6) is 1.42. The second-order valence-electron chi connectivity index (χ2n) is 5.66. The van der Waals surface area contributed by atoms with E-state index in [4.69, 9.17) is 0 Å². The van der Waals surface area contributed by atoms with Gasteiger partial charge in [0.05, 0.1) is 0 Å². The second kappa shape index (κ2) is 5.70. The van der Waals surface area contributed by atoms with Gasteiger partial charge in [-0.1, -0.05) is 37.1 Å². The first-order valence-corrected chi connectivity index (χ1v) is 7.37. The molecule has 100 valence electrons. The molecule has 1 aliphatic rings. The van der Waals surface area contributed by atoms with Crippen molar-refractivity contribution in [3.8, 4) is 0 Å². The molecule has 1 N–H and O–H groups in total. The predicted octanol–water partition coefficient (Wildman–Crippen LogP) is 3.73. The largest absolute Gasteiger partial charge is 0.319 e. The van der Waals surface area contributed by atoms with Crippen molar-refractivity contribution in [2.45, 2.75) is 31.6 Å². The van der Waals surface area contributed by atoms with E-state index >= 15 is 0 Å². The van der Waals surface area contributed by atoms with Gasteiger partial charge in [-0.25, -0.2) is 0 Å². The van der Waals surface area contributed by atoms with Crippen LogP contribution in [-0.2, 0) is 0 Å². The number of pyridine rings is 1. The zero-order chi connectivity index (χ0) is 13.1. The normalized spacial score (nSPS) is 23.6. The Morgan fingerprint density at radius 2 is 2.00 bits per heavy atom. The van der Waals surface area contributed by atoms with E-state index in [1.165, 1.54) is 42.0 Å². The molecule has 1 aromatic heterocycles. The second-order valence-corrected chi connectivity index (χ2v) is 5.66. The first kappa shape index (κ1) is 12.6. The van der Waals surface area contributed by atoms with Gasteiger partial charge in [-0.05, 0) is 49.2 Å². The highest BCUT2D eigenvalue weighted by Crippen LogP contribution is 2.39. The molecule has 2 heteroatoms. The topological polar surface area (TPSA) is 24.9 Å². The molecule has 2 atom stereocenters. The van der Waals surface area contributed by atoms with Crippen molar-refractivity contribution in [1.29, 1.82) is 0 Å². The van der Waals surface area contributed by atoms with Crippen molar-refractivity contribution in [3.63, 3.8) is 0 Å². The summed E-state index contributed by atoms with van der Waals surface area (Å²) in [5.41, 5.74) is 1.46. The molecular weight excluding hydrogens is 232 g/mol. The summed E-state index contributed by atoms with van der Waals surface area (Å²) in [6.45, 7) is 1.12. The summed E-state index contributed by atoms with van der Waals surface area (Å²) in [7, 11) is 2.06. The molecule has 2 nitrogen and oxygen atoms in total. The van der Waals surface area contributed by atoms with Crippen molar-refractivity contribution in [1.82, 2.24) is 10.3 Å². The van der Waals surface area contributed by atoms with Crippen LogP contribution < -0.4 is 5.32 Å². The lowest BCUT2D eigenvalue weighted by Crippen LogP contribution is -2.27. The maximum atomic E-state index is 4.46. The monoisotopic (exact) mass is 254 g/mol. The van der Waals surface area contributed by atoms with Crippen LogP contribution in [0.2, 0.25) is 0 Å². The van der Waals surface area contributed by atoms with Crippen LogP contribution >= 0.6 is 0 Å². The molecule has 0 amide bonds. The Labute approximate surface area is 115 Å². The number of nitrogens with zero attached hydrogens (tertiary/aromatic N) is 1. The Balaban J connectivity index is 2.02. The van der Waals surface area contributed by atoms with Gasteiger partial charge in [0, 0.05) is 17.8 Å². The molecular formula is C17H22N2. The van der Waals surface area contributed by atoms with Gasteiger partial charge < -0.3 is 5.32 Å². The molecule has 1 aliphatic carbocycles. The highest BCUT2D eigenvalue weighted by molar-refractivity contribution is 5.85. The number of hydrogen-bond acceptors (Lipinski definition) is 2. The first-order chi connectivity index (χ1) is 9.40. The minimum absolute atomic E-state index is 0.666. The number of benzene rings is 1. The Morgan fingerprint density at radius 3 is 2.89 bits per heavy atom. The summed E-state index contributed by atoms with van der Waals surface area (Å²) in [6, 6.07) is 8.65. The molecule has 0 spiro atoms. The van der Waals surface area contributed by atoms with Crippen molar-refractivity contribution >= 4 is 10.8 Å². The van der Waals surface area contributed by atoms with Crippen molar-refractivity contribution in [2.75, 3.05) is 13.6 Å². The Morgan fingerprint density at radius 1 is 1.16 bits per heavy atom. The minimum atomic E-state index is 0.666.